The molecule has 2 aromatic heterocycles. The highest BCUT2D eigenvalue weighted by atomic mass is 16.2. The van der Waals surface area contributed by atoms with Crippen molar-refractivity contribution in [2.75, 3.05) is 13.1 Å². The second-order valence-electron chi connectivity index (χ2n) is 7.68. The summed E-state index contributed by atoms with van der Waals surface area (Å²) in [5.74, 6) is -0.975. The van der Waals surface area contributed by atoms with Crippen LogP contribution in [0.4, 0.5) is 0 Å². The van der Waals surface area contributed by atoms with Crippen molar-refractivity contribution in [1.29, 1.82) is 0 Å². The van der Waals surface area contributed by atoms with Crippen LogP contribution in [0.25, 0.3) is 11.1 Å². The van der Waals surface area contributed by atoms with Crippen molar-refractivity contribution in [3.05, 3.63) is 73.4 Å². The summed E-state index contributed by atoms with van der Waals surface area (Å²) < 4.78 is 4.06. The van der Waals surface area contributed by atoms with Gasteiger partial charge in [-0.05, 0) is 11.1 Å². The lowest BCUT2D eigenvalue weighted by Gasteiger charge is -2.12. The molecule has 0 fully saturated rings. The van der Waals surface area contributed by atoms with E-state index in [1.807, 2.05) is 58.2 Å². The molecule has 2 aliphatic rings. The number of hydrogen-bond acceptors (Lipinski definition) is 4. The Balaban J connectivity index is 1.25. The van der Waals surface area contributed by atoms with E-state index in [1.54, 1.807) is 0 Å². The standard InChI is InChI=1S/C24H24N4O4/c29-21-3-4-22(30)27(21)13-1-11-25-15-7-19(8-16-25)20-9-17-26(18-10-20)12-2-14-28-23(31)5-6-24(28)32/h3-10,15-18H,1-2,11-14H2/q+2. The zero-order valence-corrected chi connectivity index (χ0v) is 17.6. The second kappa shape index (κ2) is 9.47. The van der Waals surface area contributed by atoms with Gasteiger partial charge in [-0.2, -0.15) is 0 Å². The molecule has 0 spiro atoms. The van der Waals surface area contributed by atoms with Crippen LogP contribution < -0.4 is 9.13 Å². The maximum absolute atomic E-state index is 11.6. The van der Waals surface area contributed by atoms with Gasteiger partial charge >= 0.3 is 0 Å². The van der Waals surface area contributed by atoms with Crippen molar-refractivity contribution in [2.24, 2.45) is 0 Å². The average molecular weight is 432 g/mol. The van der Waals surface area contributed by atoms with Crippen LogP contribution >= 0.6 is 0 Å². The van der Waals surface area contributed by atoms with E-state index in [0.717, 1.165) is 11.1 Å². The molecular weight excluding hydrogens is 408 g/mol. The Morgan fingerprint density at radius 1 is 0.531 bits per heavy atom. The summed E-state index contributed by atoms with van der Waals surface area (Å²) in [6, 6.07) is 8.13. The number of amides is 4. The minimum Gasteiger partial charge on any atom is -0.275 e. The zero-order valence-electron chi connectivity index (χ0n) is 17.6. The van der Waals surface area contributed by atoms with Gasteiger partial charge in [0.05, 0.1) is 0 Å². The first-order valence-corrected chi connectivity index (χ1v) is 10.6. The number of carbonyl (C=O) groups excluding carboxylic acids is 4. The molecule has 8 heteroatoms. The molecule has 162 valence electrons. The summed E-state index contributed by atoms with van der Waals surface area (Å²) in [5.41, 5.74) is 2.17. The number of carbonyl (C=O) groups is 4. The number of hydrogen-bond donors (Lipinski definition) is 0. The molecule has 2 aromatic rings. The van der Waals surface area contributed by atoms with Crippen molar-refractivity contribution in [2.45, 2.75) is 25.9 Å². The Labute approximate surface area is 185 Å². The number of rotatable bonds is 9. The molecule has 0 aliphatic carbocycles. The highest BCUT2D eigenvalue weighted by molar-refractivity contribution is 6.13. The number of pyridine rings is 2. The lowest BCUT2D eigenvalue weighted by atomic mass is 10.1. The topological polar surface area (TPSA) is 82.5 Å². The molecule has 0 saturated heterocycles. The fourth-order valence-corrected chi connectivity index (χ4v) is 3.72. The molecule has 4 amide bonds. The maximum atomic E-state index is 11.6. The Bertz CT molecular complexity index is 978. The van der Waals surface area contributed by atoms with Gasteiger partial charge < -0.3 is 0 Å². The maximum Gasteiger partial charge on any atom is 0.253 e. The first-order valence-electron chi connectivity index (χ1n) is 10.6. The minimum atomic E-state index is -0.244. The van der Waals surface area contributed by atoms with E-state index in [9.17, 15) is 19.2 Å². The lowest BCUT2D eigenvalue weighted by molar-refractivity contribution is -0.697. The quantitative estimate of drug-likeness (QED) is 0.428. The monoisotopic (exact) mass is 432 g/mol. The van der Waals surface area contributed by atoms with Crippen LogP contribution in [0.1, 0.15) is 12.8 Å². The van der Waals surface area contributed by atoms with E-state index in [2.05, 4.69) is 0 Å². The van der Waals surface area contributed by atoms with Gasteiger partial charge in [-0.25, -0.2) is 9.13 Å². The predicted octanol–water partition coefficient (Wildman–Crippen LogP) is 0.559. The molecule has 32 heavy (non-hydrogen) atoms. The molecule has 0 unspecified atom stereocenters. The van der Waals surface area contributed by atoms with Gasteiger partial charge in [0.15, 0.2) is 24.8 Å². The number of nitrogens with zero attached hydrogens (tertiary/aromatic N) is 4. The summed E-state index contributed by atoms with van der Waals surface area (Å²) in [4.78, 5) is 48.8. The Hall–Kier alpha value is -3.94. The SMILES string of the molecule is O=C1C=CC(=O)N1CCC[n+]1ccc(-c2cc[n+](CCCN3C(=O)C=CC3=O)cc2)cc1. The zero-order chi connectivity index (χ0) is 22.5. The van der Waals surface area contributed by atoms with Crippen molar-refractivity contribution in [1.82, 2.24) is 9.80 Å². The van der Waals surface area contributed by atoms with Gasteiger partial charge in [0, 0.05) is 74.5 Å². The first-order chi connectivity index (χ1) is 15.5. The molecular formula is C24H24N4O4+2. The van der Waals surface area contributed by atoms with Gasteiger partial charge in [-0.15, -0.1) is 0 Å². The highest BCUT2D eigenvalue weighted by Gasteiger charge is 2.23. The predicted molar refractivity (Wildman–Crippen MR) is 113 cm³/mol. The summed E-state index contributed by atoms with van der Waals surface area (Å²) >= 11 is 0. The number of aromatic nitrogens is 2. The molecule has 8 nitrogen and oxygen atoms in total. The van der Waals surface area contributed by atoms with Crippen LogP contribution in [0.5, 0.6) is 0 Å². The molecule has 0 atom stereocenters. The summed E-state index contributed by atoms with van der Waals surface area (Å²) in [6.45, 7) is 2.25. The first kappa shape index (κ1) is 21.3. The van der Waals surface area contributed by atoms with Crippen LogP contribution in [0, 0.1) is 0 Å². The van der Waals surface area contributed by atoms with E-state index < -0.39 is 0 Å². The van der Waals surface area contributed by atoms with Gasteiger partial charge in [0.2, 0.25) is 0 Å². The molecule has 0 saturated carbocycles. The molecule has 4 rings (SSSR count). The summed E-state index contributed by atoms with van der Waals surface area (Å²) in [7, 11) is 0. The van der Waals surface area contributed by atoms with E-state index in [4.69, 9.17) is 0 Å². The lowest BCUT2D eigenvalue weighted by Crippen LogP contribution is -2.37. The Kier molecular flexibility index (Phi) is 6.30. The molecule has 0 radical (unpaired) electrons. The van der Waals surface area contributed by atoms with Crippen LogP contribution in [-0.2, 0) is 32.3 Å². The van der Waals surface area contributed by atoms with Gasteiger partial charge in [0.25, 0.3) is 23.6 Å². The third kappa shape index (κ3) is 4.85. The van der Waals surface area contributed by atoms with E-state index in [1.165, 1.54) is 34.1 Å². The number of aryl methyl sites for hydroxylation is 2. The normalized spacial score (nSPS) is 15.5. The van der Waals surface area contributed by atoms with Crippen LogP contribution in [-0.4, -0.2) is 46.5 Å². The largest absolute Gasteiger partial charge is 0.275 e. The molecule has 0 N–H and O–H groups in total. The van der Waals surface area contributed by atoms with Crippen molar-refractivity contribution >= 4 is 23.6 Å². The van der Waals surface area contributed by atoms with E-state index in [0.29, 0.717) is 39.0 Å². The van der Waals surface area contributed by atoms with Crippen LogP contribution in [0.3, 0.4) is 0 Å². The third-order valence-corrected chi connectivity index (χ3v) is 5.51. The third-order valence-electron chi connectivity index (χ3n) is 5.51. The Morgan fingerprint density at radius 2 is 0.844 bits per heavy atom. The molecule has 2 aliphatic heterocycles. The molecule has 0 bridgehead atoms. The van der Waals surface area contributed by atoms with E-state index in [-0.39, 0.29) is 23.6 Å². The summed E-state index contributed by atoms with van der Waals surface area (Å²) in [5, 5.41) is 0. The number of imide groups is 2. The van der Waals surface area contributed by atoms with Gasteiger partial charge in [0.1, 0.15) is 13.1 Å². The van der Waals surface area contributed by atoms with Gasteiger partial charge in [-0.1, -0.05) is 0 Å². The van der Waals surface area contributed by atoms with Crippen molar-refractivity contribution < 1.29 is 28.3 Å². The fraction of sp³-hybridized carbons (Fsp3) is 0.250. The van der Waals surface area contributed by atoms with Crippen LogP contribution in [0.15, 0.2) is 73.4 Å². The Morgan fingerprint density at radius 3 is 1.16 bits per heavy atom. The van der Waals surface area contributed by atoms with Crippen LogP contribution in [0.2, 0.25) is 0 Å². The average Bonchev–Trinajstić information content (AvgIpc) is 3.30. The second-order valence-corrected chi connectivity index (χ2v) is 7.68. The molecule has 4 heterocycles. The van der Waals surface area contributed by atoms with Crippen molar-refractivity contribution in [3.63, 3.8) is 0 Å². The minimum absolute atomic E-state index is 0.244. The van der Waals surface area contributed by atoms with E-state index >= 15 is 0 Å². The smallest absolute Gasteiger partial charge is 0.253 e. The highest BCUT2D eigenvalue weighted by Crippen LogP contribution is 2.15. The van der Waals surface area contributed by atoms with Crippen molar-refractivity contribution in [3.8, 4) is 11.1 Å². The fourth-order valence-electron chi connectivity index (χ4n) is 3.72. The summed E-state index contributed by atoms with van der Waals surface area (Å²) in [6.07, 6.45) is 14.6. The van der Waals surface area contributed by atoms with Gasteiger partial charge in [-0.3, -0.25) is 29.0 Å². The molecule has 0 aromatic carbocycles.